The zero-order valence-electron chi connectivity index (χ0n) is 23.4. The van der Waals surface area contributed by atoms with Gasteiger partial charge in [0.05, 0.1) is 36.3 Å². The average Bonchev–Trinajstić information content (AvgIpc) is 3.79. The predicted octanol–water partition coefficient (Wildman–Crippen LogP) is 5.40. The number of hydrogen-bond acceptors (Lipinski definition) is 7. The van der Waals surface area contributed by atoms with Gasteiger partial charge in [0.15, 0.2) is 5.03 Å². The molecule has 6 rings (SSSR count). The standard InChI is InChI=1S/C30H26Cl2N6O5S.CH4/c1-30(15-19-6-8-20(16-33)9-7-19)28(40)37(23-13-21(31)12-22(32)14-23)29-35-18-26(38(29)30)44(41,42)36-10-2-5-25(36)27(39)34-17-24-4-3-11-43-24;/h3-4,6-9,11-14,18,25H,2,5,10,15,17H2,1H3,(H,34,39);1H4/t25-,30+;/m0./s1. The van der Waals surface area contributed by atoms with Crippen molar-refractivity contribution in [3.8, 4) is 6.07 Å². The number of rotatable bonds is 8. The molecule has 0 radical (unpaired) electrons. The summed E-state index contributed by atoms with van der Waals surface area (Å²) in [6, 6.07) is 15.9. The Bertz CT molecular complexity index is 1880. The molecule has 1 N–H and O–H groups in total. The van der Waals surface area contributed by atoms with E-state index in [0.29, 0.717) is 35.4 Å². The summed E-state index contributed by atoms with van der Waals surface area (Å²) in [7, 11) is -4.33. The van der Waals surface area contributed by atoms with Gasteiger partial charge in [0.25, 0.3) is 15.9 Å². The maximum atomic E-state index is 14.3. The maximum absolute atomic E-state index is 14.3. The summed E-state index contributed by atoms with van der Waals surface area (Å²) < 4.78 is 36.5. The van der Waals surface area contributed by atoms with E-state index in [-0.39, 0.29) is 48.0 Å². The predicted molar refractivity (Wildman–Crippen MR) is 169 cm³/mol. The van der Waals surface area contributed by atoms with Crippen molar-refractivity contribution in [2.24, 2.45) is 0 Å². The topological polar surface area (TPSA) is 142 Å². The van der Waals surface area contributed by atoms with Gasteiger partial charge in [-0.3, -0.25) is 14.2 Å². The number of fused-ring (bicyclic) bond motifs is 1. The molecule has 4 aromatic rings. The highest BCUT2D eigenvalue weighted by molar-refractivity contribution is 7.89. The van der Waals surface area contributed by atoms with Gasteiger partial charge in [-0.25, -0.2) is 18.3 Å². The largest absolute Gasteiger partial charge is 0.467 e. The van der Waals surface area contributed by atoms with Crippen LogP contribution in [-0.4, -0.2) is 46.7 Å². The molecule has 234 valence electrons. The fraction of sp³-hybridized carbons (Fsp3) is 0.290. The van der Waals surface area contributed by atoms with Gasteiger partial charge >= 0.3 is 0 Å². The second-order valence-corrected chi connectivity index (χ2v) is 13.5. The van der Waals surface area contributed by atoms with Crippen molar-refractivity contribution >= 4 is 56.7 Å². The number of nitrogens with one attached hydrogen (secondary N) is 1. The fourth-order valence-corrected chi connectivity index (χ4v) is 8.18. The quantitative estimate of drug-likeness (QED) is 0.265. The number of nitrogens with zero attached hydrogens (tertiary/aromatic N) is 5. The number of benzene rings is 2. The van der Waals surface area contributed by atoms with Crippen molar-refractivity contribution in [1.29, 1.82) is 5.26 Å². The summed E-state index contributed by atoms with van der Waals surface area (Å²) in [6.45, 7) is 1.88. The molecule has 0 aliphatic carbocycles. The zero-order valence-corrected chi connectivity index (χ0v) is 25.7. The van der Waals surface area contributed by atoms with Gasteiger partial charge in [0.2, 0.25) is 11.9 Å². The van der Waals surface area contributed by atoms with Crippen molar-refractivity contribution in [3.05, 3.63) is 94.0 Å². The molecule has 0 saturated carbocycles. The summed E-state index contributed by atoms with van der Waals surface area (Å²) in [5.41, 5.74) is 0.00532. The first-order chi connectivity index (χ1) is 21.0. The van der Waals surface area contributed by atoms with E-state index in [1.165, 1.54) is 32.3 Å². The van der Waals surface area contributed by atoms with E-state index in [0.717, 1.165) is 0 Å². The number of halogens is 2. The van der Waals surface area contributed by atoms with Crippen LogP contribution in [0.5, 0.6) is 0 Å². The molecule has 0 bridgehead atoms. The van der Waals surface area contributed by atoms with E-state index < -0.39 is 33.4 Å². The van der Waals surface area contributed by atoms with Crippen LogP contribution in [0.1, 0.15) is 44.1 Å². The SMILES string of the molecule is C.C[C@@]1(Cc2ccc(C#N)cc2)C(=O)N(c2cc(Cl)cc(Cl)c2)c2ncc(S(=O)(=O)N3CCC[C@H]3C(=O)NCc3ccco3)n21. The van der Waals surface area contributed by atoms with Crippen LogP contribution >= 0.6 is 23.2 Å². The Morgan fingerprint density at radius 2 is 1.89 bits per heavy atom. The molecule has 45 heavy (non-hydrogen) atoms. The Morgan fingerprint density at radius 1 is 1.18 bits per heavy atom. The molecule has 2 aliphatic rings. The van der Waals surface area contributed by atoms with E-state index in [9.17, 15) is 23.3 Å². The lowest BCUT2D eigenvalue weighted by Crippen LogP contribution is -2.47. The number of imidazole rings is 1. The highest BCUT2D eigenvalue weighted by Crippen LogP contribution is 2.45. The number of amides is 2. The number of nitriles is 1. The summed E-state index contributed by atoms with van der Waals surface area (Å²) in [5, 5.41) is 12.3. The lowest BCUT2D eigenvalue weighted by molar-refractivity contribution is -0.125. The Labute approximate surface area is 271 Å². The van der Waals surface area contributed by atoms with Gasteiger partial charge < -0.3 is 9.73 Å². The van der Waals surface area contributed by atoms with Crippen LogP contribution in [0, 0.1) is 11.3 Å². The van der Waals surface area contributed by atoms with Gasteiger partial charge in [0, 0.05) is 23.0 Å². The first-order valence-electron chi connectivity index (χ1n) is 13.7. The fourth-order valence-electron chi connectivity index (χ4n) is 5.82. The molecule has 14 heteroatoms. The lowest BCUT2D eigenvalue weighted by atomic mass is 9.91. The minimum absolute atomic E-state index is 0. The van der Waals surface area contributed by atoms with Gasteiger partial charge in [0.1, 0.15) is 17.3 Å². The van der Waals surface area contributed by atoms with Crippen LogP contribution in [0.4, 0.5) is 11.6 Å². The van der Waals surface area contributed by atoms with E-state index in [2.05, 4.69) is 16.4 Å². The van der Waals surface area contributed by atoms with Crippen molar-refractivity contribution in [3.63, 3.8) is 0 Å². The number of carbonyl (C=O) groups is 2. The Hall–Kier alpha value is -4.15. The maximum Gasteiger partial charge on any atom is 0.261 e. The smallest absolute Gasteiger partial charge is 0.261 e. The van der Waals surface area contributed by atoms with Crippen LogP contribution in [0.15, 0.2) is 76.5 Å². The van der Waals surface area contributed by atoms with Crippen molar-refractivity contribution in [1.82, 2.24) is 19.2 Å². The molecule has 4 heterocycles. The number of carbonyl (C=O) groups excluding carboxylic acids is 2. The molecule has 11 nitrogen and oxygen atoms in total. The lowest BCUT2D eigenvalue weighted by Gasteiger charge is -2.29. The van der Waals surface area contributed by atoms with Gasteiger partial charge in [-0.2, -0.15) is 9.57 Å². The summed E-state index contributed by atoms with van der Waals surface area (Å²) in [4.78, 5) is 33.2. The molecular weight excluding hydrogens is 639 g/mol. The highest BCUT2D eigenvalue weighted by Gasteiger charge is 2.53. The molecule has 2 atom stereocenters. The third-order valence-electron chi connectivity index (χ3n) is 7.90. The monoisotopic (exact) mass is 668 g/mol. The second-order valence-electron chi connectivity index (χ2n) is 10.8. The summed E-state index contributed by atoms with van der Waals surface area (Å²) in [6.07, 6.45) is 3.60. The minimum atomic E-state index is -4.33. The van der Waals surface area contributed by atoms with E-state index in [1.54, 1.807) is 55.5 Å². The van der Waals surface area contributed by atoms with Gasteiger partial charge in [-0.15, -0.1) is 0 Å². The number of hydrogen-bond donors (Lipinski definition) is 1. The molecule has 2 aromatic heterocycles. The Balaban J connectivity index is 0.00000400. The molecule has 2 aliphatic heterocycles. The van der Waals surface area contributed by atoms with E-state index in [4.69, 9.17) is 27.6 Å². The first kappa shape index (κ1) is 32.2. The summed E-state index contributed by atoms with van der Waals surface area (Å²) in [5.74, 6) is -0.289. The van der Waals surface area contributed by atoms with Crippen LogP contribution in [-0.2, 0) is 38.1 Å². The van der Waals surface area contributed by atoms with Crippen LogP contribution < -0.4 is 10.2 Å². The third-order valence-corrected chi connectivity index (χ3v) is 10.2. The second kappa shape index (κ2) is 12.3. The molecule has 2 aromatic carbocycles. The zero-order chi connectivity index (χ0) is 31.2. The minimum Gasteiger partial charge on any atom is -0.467 e. The Morgan fingerprint density at radius 3 is 2.53 bits per heavy atom. The number of aromatic nitrogens is 2. The number of sulfonamides is 1. The van der Waals surface area contributed by atoms with Crippen LogP contribution in [0.25, 0.3) is 0 Å². The molecule has 0 unspecified atom stereocenters. The average molecular weight is 670 g/mol. The van der Waals surface area contributed by atoms with Gasteiger partial charge in [-0.1, -0.05) is 42.8 Å². The first-order valence-corrected chi connectivity index (χ1v) is 15.9. The normalized spacial score (nSPS) is 19.6. The molecule has 0 spiro atoms. The molecule has 1 fully saturated rings. The third kappa shape index (κ3) is 5.73. The van der Waals surface area contributed by atoms with Gasteiger partial charge in [-0.05, 0) is 67.8 Å². The molecule has 2 amide bonds. The number of furan rings is 1. The van der Waals surface area contributed by atoms with Crippen molar-refractivity contribution < 1.29 is 22.4 Å². The van der Waals surface area contributed by atoms with Crippen molar-refractivity contribution in [2.75, 3.05) is 11.4 Å². The Kier molecular flexibility index (Phi) is 8.83. The van der Waals surface area contributed by atoms with Crippen LogP contribution in [0.3, 0.4) is 0 Å². The van der Waals surface area contributed by atoms with Crippen LogP contribution in [0.2, 0.25) is 10.0 Å². The van der Waals surface area contributed by atoms with Crippen molar-refractivity contribution in [2.45, 2.75) is 56.8 Å². The molecule has 1 saturated heterocycles. The van der Waals surface area contributed by atoms with E-state index in [1.807, 2.05) is 0 Å². The number of anilines is 2. The highest BCUT2D eigenvalue weighted by atomic mass is 35.5. The van der Waals surface area contributed by atoms with E-state index >= 15 is 0 Å². The summed E-state index contributed by atoms with van der Waals surface area (Å²) >= 11 is 12.6. The molecular formula is C31H30Cl2N6O5S.